The standard InChI is InChI=1S/C14H19N3O2S/c1-3-7-20(18,19)14-6-4-5-12(9-14)11(2)8-13-10-15-17-16-13/h4-6,9-11H,3,7-8H2,1-2H3,(H,15,16,17). The van der Waals surface area contributed by atoms with Gasteiger partial charge in [0.25, 0.3) is 0 Å². The van der Waals surface area contributed by atoms with Gasteiger partial charge in [0, 0.05) is 0 Å². The lowest BCUT2D eigenvalue weighted by molar-refractivity contribution is 0.594. The molecule has 0 amide bonds. The van der Waals surface area contributed by atoms with Crippen LogP contribution in [0.15, 0.2) is 35.4 Å². The van der Waals surface area contributed by atoms with Gasteiger partial charge in [-0.05, 0) is 36.5 Å². The number of sulfone groups is 1. The number of hydrogen-bond acceptors (Lipinski definition) is 4. The van der Waals surface area contributed by atoms with E-state index in [9.17, 15) is 8.42 Å². The normalized spacial score (nSPS) is 13.3. The minimum atomic E-state index is -3.16. The third kappa shape index (κ3) is 3.45. The number of nitrogens with one attached hydrogen (secondary N) is 1. The zero-order valence-corrected chi connectivity index (χ0v) is 12.5. The van der Waals surface area contributed by atoms with Crippen molar-refractivity contribution in [1.29, 1.82) is 0 Å². The highest BCUT2D eigenvalue weighted by molar-refractivity contribution is 7.91. The number of rotatable bonds is 6. The van der Waals surface area contributed by atoms with Crippen LogP contribution in [0.2, 0.25) is 0 Å². The van der Waals surface area contributed by atoms with Crippen LogP contribution in [0.5, 0.6) is 0 Å². The SMILES string of the molecule is CCCS(=O)(=O)c1cccc(C(C)Cc2cn[nH]n2)c1. The quantitative estimate of drug-likeness (QED) is 0.887. The Morgan fingerprint density at radius 3 is 2.80 bits per heavy atom. The second kappa shape index (κ2) is 6.17. The van der Waals surface area contributed by atoms with Gasteiger partial charge in [-0.15, -0.1) is 0 Å². The van der Waals surface area contributed by atoms with Crippen LogP contribution in [-0.4, -0.2) is 29.6 Å². The van der Waals surface area contributed by atoms with Crippen molar-refractivity contribution >= 4 is 9.84 Å². The first-order chi connectivity index (χ1) is 9.53. The van der Waals surface area contributed by atoms with Crippen LogP contribution >= 0.6 is 0 Å². The van der Waals surface area contributed by atoms with E-state index in [1.807, 2.05) is 13.0 Å². The van der Waals surface area contributed by atoms with Crippen molar-refractivity contribution in [2.24, 2.45) is 0 Å². The zero-order chi connectivity index (χ0) is 14.6. The number of aromatic nitrogens is 3. The van der Waals surface area contributed by atoms with E-state index in [4.69, 9.17) is 0 Å². The Hall–Kier alpha value is -1.69. The van der Waals surface area contributed by atoms with Gasteiger partial charge in [0.15, 0.2) is 9.84 Å². The molecule has 1 unspecified atom stereocenters. The zero-order valence-electron chi connectivity index (χ0n) is 11.7. The molecule has 108 valence electrons. The van der Waals surface area contributed by atoms with E-state index in [0.29, 0.717) is 11.3 Å². The monoisotopic (exact) mass is 293 g/mol. The molecule has 2 aromatic rings. The molecule has 0 fully saturated rings. The highest BCUT2D eigenvalue weighted by Gasteiger charge is 2.15. The van der Waals surface area contributed by atoms with Crippen molar-refractivity contribution < 1.29 is 8.42 Å². The molecule has 0 spiro atoms. The second-order valence-electron chi connectivity index (χ2n) is 4.96. The summed E-state index contributed by atoms with van der Waals surface area (Å²) < 4.78 is 24.2. The fourth-order valence-corrected chi connectivity index (χ4v) is 3.53. The van der Waals surface area contributed by atoms with Gasteiger partial charge in [-0.3, -0.25) is 0 Å². The lowest BCUT2D eigenvalue weighted by atomic mass is 9.97. The van der Waals surface area contributed by atoms with Gasteiger partial charge in [-0.25, -0.2) is 8.42 Å². The minimum Gasteiger partial charge on any atom is -0.224 e. The number of H-pyrrole nitrogens is 1. The third-order valence-electron chi connectivity index (χ3n) is 3.24. The summed E-state index contributed by atoms with van der Waals surface area (Å²) in [7, 11) is -3.16. The molecule has 2 rings (SSSR count). The fraction of sp³-hybridized carbons (Fsp3) is 0.429. The summed E-state index contributed by atoms with van der Waals surface area (Å²) in [5.41, 5.74) is 1.88. The summed E-state index contributed by atoms with van der Waals surface area (Å²) in [5.74, 6) is 0.380. The van der Waals surface area contributed by atoms with Crippen LogP contribution < -0.4 is 0 Å². The van der Waals surface area contributed by atoms with Crippen molar-refractivity contribution in [3.63, 3.8) is 0 Å². The molecule has 1 aromatic carbocycles. The average Bonchev–Trinajstić information content (AvgIpc) is 2.92. The molecular weight excluding hydrogens is 274 g/mol. The molecule has 0 saturated carbocycles. The Morgan fingerprint density at radius 2 is 2.15 bits per heavy atom. The number of aromatic amines is 1. The van der Waals surface area contributed by atoms with Crippen LogP contribution in [0.1, 0.15) is 37.4 Å². The van der Waals surface area contributed by atoms with E-state index in [1.54, 1.807) is 24.4 Å². The number of hydrogen-bond donors (Lipinski definition) is 1. The van der Waals surface area contributed by atoms with E-state index in [1.165, 1.54) is 0 Å². The molecule has 20 heavy (non-hydrogen) atoms. The Bertz CT molecular complexity index is 651. The molecule has 0 aliphatic rings. The van der Waals surface area contributed by atoms with E-state index in [2.05, 4.69) is 22.3 Å². The first kappa shape index (κ1) is 14.7. The van der Waals surface area contributed by atoms with Crippen molar-refractivity contribution in [3.8, 4) is 0 Å². The molecule has 0 saturated heterocycles. The Labute approximate surface area is 119 Å². The first-order valence-corrected chi connectivity index (χ1v) is 8.35. The van der Waals surface area contributed by atoms with Crippen LogP contribution in [0.25, 0.3) is 0 Å². The van der Waals surface area contributed by atoms with Gasteiger partial charge in [0.05, 0.1) is 22.5 Å². The number of benzene rings is 1. The Morgan fingerprint density at radius 1 is 1.35 bits per heavy atom. The summed E-state index contributed by atoms with van der Waals surface area (Å²) in [6.07, 6.45) is 3.04. The Balaban J connectivity index is 2.21. The van der Waals surface area contributed by atoms with Crippen molar-refractivity contribution in [2.45, 2.75) is 37.5 Å². The topological polar surface area (TPSA) is 75.7 Å². The van der Waals surface area contributed by atoms with Crippen molar-refractivity contribution in [3.05, 3.63) is 41.7 Å². The van der Waals surface area contributed by atoms with Gasteiger partial charge in [0.1, 0.15) is 0 Å². The summed E-state index contributed by atoms with van der Waals surface area (Å²) in [6, 6.07) is 7.19. The predicted molar refractivity (Wildman–Crippen MR) is 77.3 cm³/mol. The molecule has 0 aliphatic heterocycles. The van der Waals surface area contributed by atoms with Crippen molar-refractivity contribution in [1.82, 2.24) is 15.4 Å². The molecule has 0 radical (unpaired) electrons. The van der Waals surface area contributed by atoms with Gasteiger partial charge >= 0.3 is 0 Å². The molecule has 1 N–H and O–H groups in total. The van der Waals surface area contributed by atoms with Crippen LogP contribution in [0.4, 0.5) is 0 Å². The fourth-order valence-electron chi connectivity index (χ4n) is 2.16. The first-order valence-electron chi connectivity index (χ1n) is 6.70. The van der Waals surface area contributed by atoms with E-state index >= 15 is 0 Å². The molecular formula is C14H19N3O2S. The average molecular weight is 293 g/mol. The lowest BCUT2D eigenvalue weighted by Crippen LogP contribution is -2.07. The largest absolute Gasteiger partial charge is 0.224 e. The molecule has 6 heteroatoms. The maximum absolute atomic E-state index is 12.1. The molecule has 1 heterocycles. The summed E-state index contributed by atoms with van der Waals surface area (Å²) >= 11 is 0. The van der Waals surface area contributed by atoms with E-state index < -0.39 is 9.84 Å². The molecule has 0 bridgehead atoms. The van der Waals surface area contributed by atoms with Gasteiger partial charge in [-0.1, -0.05) is 26.0 Å². The van der Waals surface area contributed by atoms with Crippen LogP contribution in [0.3, 0.4) is 0 Å². The Kier molecular flexibility index (Phi) is 4.54. The summed E-state index contributed by atoms with van der Waals surface area (Å²) in [6.45, 7) is 3.93. The van der Waals surface area contributed by atoms with E-state index in [-0.39, 0.29) is 11.7 Å². The third-order valence-corrected chi connectivity index (χ3v) is 5.16. The second-order valence-corrected chi connectivity index (χ2v) is 7.07. The lowest BCUT2D eigenvalue weighted by Gasteiger charge is -2.12. The summed E-state index contributed by atoms with van der Waals surface area (Å²) in [5, 5.41) is 10.4. The van der Waals surface area contributed by atoms with Crippen LogP contribution in [-0.2, 0) is 16.3 Å². The maximum atomic E-state index is 12.1. The predicted octanol–water partition coefficient (Wildman–Crippen LogP) is 2.33. The molecule has 1 atom stereocenters. The highest BCUT2D eigenvalue weighted by Crippen LogP contribution is 2.22. The van der Waals surface area contributed by atoms with Gasteiger partial charge in [0.2, 0.25) is 0 Å². The smallest absolute Gasteiger partial charge is 0.178 e. The molecule has 1 aromatic heterocycles. The van der Waals surface area contributed by atoms with Gasteiger partial charge in [-0.2, -0.15) is 15.4 Å². The van der Waals surface area contributed by atoms with Gasteiger partial charge < -0.3 is 0 Å². The maximum Gasteiger partial charge on any atom is 0.178 e. The van der Waals surface area contributed by atoms with Crippen molar-refractivity contribution in [2.75, 3.05) is 5.75 Å². The molecule has 0 aliphatic carbocycles. The molecule has 5 nitrogen and oxygen atoms in total. The minimum absolute atomic E-state index is 0.189. The highest BCUT2D eigenvalue weighted by atomic mass is 32.2. The van der Waals surface area contributed by atoms with Crippen LogP contribution in [0, 0.1) is 0 Å². The summed E-state index contributed by atoms with van der Waals surface area (Å²) in [4.78, 5) is 0.406. The van der Waals surface area contributed by atoms with E-state index in [0.717, 1.165) is 17.7 Å². The number of nitrogens with zero attached hydrogens (tertiary/aromatic N) is 2.